The average Bonchev–Trinajstić information content (AvgIpc) is 2.51. The van der Waals surface area contributed by atoms with E-state index in [0.717, 1.165) is 5.39 Å². The minimum absolute atomic E-state index is 0.0467. The Morgan fingerprint density at radius 3 is 2.77 bits per heavy atom. The SMILES string of the molecule is C[C@@H](CC#N)[C@@H](NC(=O)c1cccc2cccnc12)C(=O)O. The third-order valence-corrected chi connectivity index (χ3v) is 3.41. The number of benzene rings is 1. The van der Waals surface area contributed by atoms with Crippen molar-refractivity contribution in [2.75, 3.05) is 0 Å². The summed E-state index contributed by atoms with van der Waals surface area (Å²) in [6, 6.07) is 9.52. The van der Waals surface area contributed by atoms with Gasteiger partial charge < -0.3 is 10.4 Å². The Labute approximate surface area is 127 Å². The van der Waals surface area contributed by atoms with Crippen molar-refractivity contribution in [2.45, 2.75) is 19.4 Å². The molecular weight excluding hydrogens is 282 g/mol. The number of carbonyl (C=O) groups is 2. The molecule has 1 aromatic carbocycles. The molecular formula is C16H15N3O3. The van der Waals surface area contributed by atoms with Gasteiger partial charge in [-0.1, -0.05) is 25.1 Å². The predicted molar refractivity (Wildman–Crippen MR) is 80.0 cm³/mol. The van der Waals surface area contributed by atoms with Crippen molar-refractivity contribution in [3.63, 3.8) is 0 Å². The fraction of sp³-hybridized carbons (Fsp3) is 0.250. The first-order chi connectivity index (χ1) is 10.5. The van der Waals surface area contributed by atoms with Crippen molar-refractivity contribution in [1.29, 1.82) is 5.26 Å². The molecule has 1 amide bonds. The van der Waals surface area contributed by atoms with Crippen molar-refractivity contribution in [2.24, 2.45) is 5.92 Å². The van der Waals surface area contributed by atoms with Gasteiger partial charge >= 0.3 is 5.97 Å². The van der Waals surface area contributed by atoms with E-state index in [1.807, 2.05) is 18.2 Å². The molecule has 2 atom stereocenters. The summed E-state index contributed by atoms with van der Waals surface area (Å²) >= 11 is 0. The van der Waals surface area contributed by atoms with E-state index >= 15 is 0 Å². The van der Waals surface area contributed by atoms with Gasteiger partial charge in [-0.3, -0.25) is 9.78 Å². The number of carboxylic acids is 1. The number of aromatic nitrogens is 1. The first-order valence-corrected chi connectivity index (χ1v) is 6.79. The van der Waals surface area contributed by atoms with Crippen LogP contribution in [0.4, 0.5) is 0 Å². The van der Waals surface area contributed by atoms with Gasteiger partial charge in [0.15, 0.2) is 0 Å². The number of aliphatic carboxylic acids is 1. The van der Waals surface area contributed by atoms with Crippen molar-refractivity contribution >= 4 is 22.8 Å². The van der Waals surface area contributed by atoms with E-state index in [0.29, 0.717) is 11.1 Å². The lowest BCUT2D eigenvalue weighted by Crippen LogP contribution is -2.45. The molecule has 112 valence electrons. The van der Waals surface area contributed by atoms with Crippen molar-refractivity contribution in [1.82, 2.24) is 10.3 Å². The van der Waals surface area contributed by atoms with Crippen LogP contribution in [0.2, 0.25) is 0 Å². The topological polar surface area (TPSA) is 103 Å². The molecule has 6 nitrogen and oxygen atoms in total. The van der Waals surface area contributed by atoms with Crippen molar-refractivity contribution < 1.29 is 14.7 Å². The molecule has 2 N–H and O–H groups in total. The van der Waals surface area contributed by atoms with Crippen LogP contribution >= 0.6 is 0 Å². The number of fused-ring (bicyclic) bond motifs is 1. The van der Waals surface area contributed by atoms with Crippen LogP contribution in [-0.2, 0) is 4.79 Å². The number of rotatable bonds is 5. The Hall–Kier alpha value is -2.94. The highest BCUT2D eigenvalue weighted by Gasteiger charge is 2.27. The fourth-order valence-corrected chi connectivity index (χ4v) is 2.22. The van der Waals surface area contributed by atoms with Crippen molar-refractivity contribution in [3.05, 3.63) is 42.1 Å². The zero-order valence-corrected chi connectivity index (χ0v) is 12.0. The molecule has 0 unspecified atom stereocenters. The van der Waals surface area contributed by atoms with Gasteiger partial charge in [0.05, 0.1) is 17.1 Å². The number of hydrogen-bond acceptors (Lipinski definition) is 4. The number of nitriles is 1. The highest BCUT2D eigenvalue weighted by Crippen LogP contribution is 2.17. The monoisotopic (exact) mass is 297 g/mol. The molecule has 0 bridgehead atoms. The number of nitrogens with one attached hydrogen (secondary N) is 1. The first kappa shape index (κ1) is 15.4. The maximum atomic E-state index is 12.4. The van der Waals surface area contributed by atoms with Crippen LogP contribution in [0.15, 0.2) is 36.5 Å². The minimum atomic E-state index is -1.16. The standard InChI is InChI=1S/C16H15N3O3/c1-10(7-8-17)13(16(21)22)19-15(20)12-6-2-4-11-5-3-9-18-14(11)12/h2-6,9-10,13H,7H2,1H3,(H,19,20)(H,21,22)/t10-,13+/m0/s1. The summed E-state index contributed by atoms with van der Waals surface area (Å²) in [5.74, 6) is -2.17. The van der Waals surface area contributed by atoms with E-state index in [9.17, 15) is 14.7 Å². The summed E-state index contributed by atoms with van der Waals surface area (Å²) in [6.45, 7) is 1.61. The smallest absolute Gasteiger partial charge is 0.326 e. The van der Waals surface area contributed by atoms with Gasteiger partial charge in [0.2, 0.25) is 0 Å². The summed E-state index contributed by atoms with van der Waals surface area (Å²) in [7, 11) is 0. The molecule has 1 heterocycles. The molecule has 6 heteroatoms. The third kappa shape index (κ3) is 3.20. The Bertz CT molecular complexity index is 746. The van der Waals surface area contributed by atoms with Gasteiger partial charge in [-0.05, 0) is 12.1 Å². The molecule has 2 aromatic rings. The lowest BCUT2D eigenvalue weighted by molar-refractivity contribution is -0.140. The molecule has 0 spiro atoms. The van der Waals surface area contributed by atoms with E-state index in [1.165, 1.54) is 0 Å². The lowest BCUT2D eigenvalue weighted by atomic mass is 9.98. The van der Waals surface area contributed by atoms with E-state index in [2.05, 4.69) is 10.3 Å². The Morgan fingerprint density at radius 2 is 2.09 bits per heavy atom. The number of amides is 1. The van der Waals surface area contributed by atoms with Gasteiger partial charge in [0, 0.05) is 23.9 Å². The van der Waals surface area contributed by atoms with Gasteiger partial charge in [-0.15, -0.1) is 0 Å². The Morgan fingerprint density at radius 1 is 1.36 bits per heavy atom. The average molecular weight is 297 g/mol. The predicted octanol–water partition coefficient (Wildman–Crippen LogP) is 1.97. The number of hydrogen-bond donors (Lipinski definition) is 2. The molecule has 0 aliphatic rings. The van der Waals surface area contributed by atoms with Gasteiger partial charge in [0.25, 0.3) is 5.91 Å². The molecule has 1 aromatic heterocycles. The molecule has 0 fully saturated rings. The maximum Gasteiger partial charge on any atom is 0.326 e. The second-order valence-corrected chi connectivity index (χ2v) is 5.01. The Balaban J connectivity index is 2.30. The number of nitrogens with zero attached hydrogens (tertiary/aromatic N) is 2. The summed E-state index contributed by atoms with van der Waals surface area (Å²) in [6.07, 6.45) is 1.62. The highest BCUT2D eigenvalue weighted by atomic mass is 16.4. The zero-order chi connectivity index (χ0) is 16.1. The lowest BCUT2D eigenvalue weighted by Gasteiger charge is -2.19. The molecule has 0 saturated heterocycles. The maximum absolute atomic E-state index is 12.4. The normalized spacial score (nSPS) is 13.1. The second kappa shape index (κ2) is 6.68. The summed E-state index contributed by atoms with van der Waals surface area (Å²) < 4.78 is 0. The Kier molecular flexibility index (Phi) is 4.69. The number of carboxylic acid groups (broad SMARTS) is 1. The van der Waals surface area contributed by atoms with Gasteiger partial charge in [-0.2, -0.15) is 5.26 Å². The molecule has 22 heavy (non-hydrogen) atoms. The van der Waals surface area contributed by atoms with Crippen LogP contribution in [0, 0.1) is 17.2 Å². The van der Waals surface area contributed by atoms with Crippen LogP contribution < -0.4 is 5.32 Å². The van der Waals surface area contributed by atoms with Crippen LogP contribution in [0.25, 0.3) is 10.9 Å². The van der Waals surface area contributed by atoms with E-state index < -0.39 is 23.8 Å². The molecule has 2 rings (SSSR count). The van der Waals surface area contributed by atoms with E-state index in [1.54, 1.807) is 31.3 Å². The quantitative estimate of drug-likeness (QED) is 0.878. The number of carbonyl (C=O) groups excluding carboxylic acids is 1. The van der Waals surface area contributed by atoms with Crippen LogP contribution in [0.5, 0.6) is 0 Å². The minimum Gasteiger partial charge on any atom is -0.480 e. The zero-order valence-electron chi connectivity index (χ0n) is 12.0. The second-order valence-electron chi connectivity index (χ2n) is 5.01. The van der Waals surface area contributed by atoms with Gasteiger partial charge in [-0.25, -0.2) is 4.79 Å². The summed E-state index contributed by atoms with van der Waals surface area (Å²) in [4.78, 5) is 27.9. The van der Waals surface area contributed by atoms with Gasteiger partial charge in [0.1, 0.15) is 6.04 Å². The van der Waals surface area contributed by atoms with Crippen molar-refractivity contribution in [3.8, 4) is 6.07 Å². The first-order valence-electron chi connectivity index (χ1n) is 6.79. The van der Waals surface area contributed by atoms with E-state index in [4.69, 9.17) is 5.26 Å². The summed E-state index contributed by atoms with van der Waals surface area (Å²) in [5, 5.41) is 21.2. The molecule has 0 aliphatic carbocycles. The molecule has 0 aliphatic heterocycles. The molecule has 0 radical (unpaired) electrons. The fourth-order valence-electron chi connectivity index (χ4n) is 2.22. The van der Waals surface area contributed by atoms with Crippen LogP contribution in [-0.4, -0.2) is 28.0 Å². The number of pyridine rings is 1. The molecule has 0 saturated carbocycles. The largest absolute Gasteiger partial charge is 0.480 e. The number of para-hydroxylation sites is 1. The van der Waals surface area contributed by atoms with Crippen LogP contribution in [0.1, 0.15) is 23.7 Å². The summed E-state index contributed by atoms with van der Waals surface area (Å²) in [5.41, 5.74) is 0.827. The van der Waals surface area contributed by atoms with E-state index in [-0.39, 0.29) is 6.42 Å². The highest BCUT2D eigenvalue weighted by molar-refractivity contribution is 6.06. The third-order valence-electron chi connectivity index (χ3n) is 3.41. The van der Waals surface area contributed by atoms with Crippen LogP contribution in [0.3, 0.4) is 0 Å².